The SMILES string of the molecule is CCOC(=O)C[C@@H]1CCN(C(=O)c2cc3nc(-c4cc(F)c(F)c(F)c4)cc(N(C)C4=C(F)C=CC(C)C4Cl)n3n2)C[C@@H]1F. The molecule has 2 aliphatic rings. The molecular weight excluding hydrogens is 609 g/mol. The van der Waals surface area contributed by atoms with E-state index in [2.05, 4.69) is 10.1 Å². The summed E-state index contributed by atoms with van der Waals surface area (Å²) >= 11 is 6.57. The van der Waals surface area contributed by atoms with Gasteiger partial charge in [0.15, 0.2) is 28.8 Å². The van der Waals surface area contributed by atoms with Gasteiger partial charge in [-0.1, -0.05) is 13.0 Å². The Bertz CT molecular complexity index is 1650. The minimum atomic E-state index is -1.65. The van der Waals surface area contributed by atoms with E-state index in [1.807, 2.05) is 0 Å². The maximum atomic E-state index is 15.1. The average molecular weight is 638 g/mol. The fourth-order valence-electron chi connectivity index (χ4n) is 5.39. The van der Waals surface area contributed by atoms with E-state index in [4.69, 9.17) is 16.3 Å². The molecule has 44 heavy (non-hydrogen) atoms. The van der Waals surface area contributed by atoms with Gasteiger partial charge < -0.3 is 14.5 Å². The molecule has 1 aliphatic heterocycles. The number of ether oxygens (including phenoxy) is 1. The van der Waals surface area contributed by atoms with Gasteiger partial charge in [0, 0.05) is 37.2 Å². The van der Waals surface area contributed by atoms with Crippen LogP contribution in [0.2, 0.25) is 0 Å². The normalized spacial score (nSPS) is 22.1. The molecule has 3 heterocycles. The van der Waals surface area contributed by atoms with Crippen LogP contribution in [-0.2, 0) is 9.53 Å². The van der Waals surface area contributed by atoms with Crippen LogP contribution in [0.15, 0.2) is 47.9 Å². The van der Waals surface area contributed by atoms with Crippen LogP contribution in [0.4, 0.5) is 27.8 Å². The van der Waals surface area contributed by atoms with Gasteiger partial charge in [-0.3, -0.25) is 9.59 Å². The number of carbonyl (C=O) groups is 2. The van der Waals surface area contributed by atoms with Crippen molar-refractivity contribution in [1.82, 2.24) is 19.5 Å². The molecule has 3 aromatic rings. The first-order valence-corrected chi connectivity index (χ1v) is 14.4. The highest BCUT2D eigenvalue weighted by Crippen LogP contribution is 2.36. The molecule has 14 heteroatoms. The zero-order valence-corrected chi connectivity index (χ0v) is 24.8. The van der Waals surface area contributed by atoms with Crippen molar-refractivity contribution in [3.05, 3.63) is 71.1 Å². The molecule has 8 nitrogen and oxygen atoms in total. The van der Waals surface area contributed by atoms with Crippen molar-refractivity contribution < 1.29 is 36.3 Å². The summed E-state index contributed by atoms with van der Waals surface area (Å²) in [4.78, 5) is 32.4. The Morgan fingerprint density at radius 2 is 1.84 bits per heavy atom. The number of allylic oxidation sites excluding steroid dienone is 4. The van der Waals surface area contributed by atoms with Crippen molar-refractivity contribution in [3.8, 4) is 11.3 Å². The van der Waals surface area contributed by atoms with Crippen molar-refractivity contribution in [2.45, 2.75) is 38.2 Å². The second kappa shape index (κ2) is 12.5. The molecule has 1 saturated heterocycles. The van der Waals surface area contributed by atoms with Crippen molar-refractivity contribution in [1.29, 1.82) is 0 Å². The molecule has 2 unspecified atom stereocenters. The predicted molar refractivity (Wildman–Crippen MR) is 153 cm³/mol. The van der Waals surface area contributed by atoms with Gasteiger partial charge in [0.1, 0.15) is 17.8 Å². The topological polar surface area (TPSA) is 80.0 Å². The summed E-state index contributed by atoms with van der Waals surface area (Å²) < 4.78 is 78.3. The number of hydrogen-bond donors (Lipinski definition) is 0. The number of piperidine rings is 1. The van der Waals surface area contributed by atoms with Crippen molar-refractivity contribution in [2.24, 2.45) is 11.8 Å². The molecule has 0 spiro atoms. The van der Waals surface area contributed by atoms with Crippen LogP contribution in [0.3, 0.4) is 0 Å². The number of anilines is 1. The Morgan fingerprint density at radius 3 is 2.50 bits per heavy atom. The van der Waals surface area contributed by atoms with E-state index in [1.165, 1.54) is 39.6 Å². The number of amides is 1. The zero-order valence-electron chi connectivity index (χ0n) is 24.0. The van der Waals surface area contributed by atoms with Crippen molar-refractivity contribution in [3.63, 3.8) is 0 Å². The van der Waals surface area contributed by atoms with Gasteiger partial charge in [-0.15, -0.1) is 11.6 Å². The molecule has 234 valence electrons. The van der Waals surface area contributed by atoms with E-state index in [0.29, 0.717) is 0 Å². The first-order valence-electron chi connectivity index (χ1n) is 14.0. The predicted octanol–water partition coefficient (Wildman–Crippen LogP) is 6.00. The third-order valence-corrected chi connectivity index (χ3v) is 8.43. The lowest BCUT2D eigenvalue weighted by molar-refractivity contribution is -0.145. The number of hydrogen-bond acceptors (Lipinski definition) is 6. The van der Waals surface area contributed by atoms with E-state index in [0.717, 1.165) is 12.1 Å². The third-order valence-electron chi connectivity index (χ3n) is 7.82. The molecule has 1 amide bonds. The molecule has 1 aliphatic carbocycles. The summed E-state index contributed by atoms with van der Waals surface area (Å²) in [5.41, 5.74) is -0.149. The summed E-state index contributed by atoms with van der Waals surface area (Å²) in [6.07, 6.45) is 1.55. The molecule has 1 fully saturated rings. The Morgan fingerprint density at radius 1 is 1.14 bits per heavy atom. The average Bonchev–Trinajstić information content (AvgIpc) is 3.42. The maximum absolute atomic E-state index is 15.1. The number of esters is 1. The van der Waals surface area contributed by atoms with Gasteiger partial charge >= 0.3 is 5.97 Å². The van der Waals surface area contributed by atoms with E-state index in [1.54, 1.807) is 19.9 Å². The lowest BCUT2D eigenvalue weighted by atomic mass is 9.91. The van der Waals surface area contributed by atoms with Gasteiger partial charge in [0.25, 0.3) is 5.91 Å². The second-order valence-electron chi connectivity index (χ2n) is 10.8. The highest BCUT2D eigenvalue weighted by atomic mass is 35.5. The summed E-state index contributed by atoms with van der Waals surface area (Å²) in [7, 11) is 1.51. The fraction of sp³-hybridized carbons (Fsp3) is 0.400. The van der Waals surface area contributed by atoms with Gasteiger partial charge in [0.2, 0.25) is 0 Å². The third kappa shape index (κ3) is 6.01. The number of benzene rings is 1. The van der Waals surface area contributed by atoms with Crippen molar-refractivity contribution in [2.75, 3.05) is 31.6 Å². The van der Waals surface area contributed by atoms with Gasteiger partial charge in [-0.05, 0) is 37.5 Å². The Hall–Kier alpha value is -4.00. The molecule has 0 bridgehead atoms. The van der Waals surface area contributed by atoms with Crippen molar-refractivity contribution >= 4 is 34.9 Å². The van der Waals surface area contributed by atoms with E-state index in [-0.39, 0.29) is 72.6 Å². The van der Waals surface area contributed by atoms with Crippen LogP contribution in [0.25, 0.3) is 16.9 Å². The molecule has 4 atom stereocenters. The highest BCUT2D eigenvalue weighted by molar-refractivity contribution is 6.23. The number of fused-ring (bicyclic) bond motifs is 1. The number of likely N-dealkylation sites (tertiary alicyclic amines) is 1. The standard InChI is InChI=1S/C30H29ClF5N5O3/c1-4-44-26(42)11-16-7-8-40(14-21(16)35)30(43)23-12-24-37-22(17-9-19(33)28(36)20(34)10-17)13-25(41(24)38-23)39(3)29-18(32)6-5-15(2)27(29)31/h5-6,9-10,12-13,15-16,21,27H,4,7-8,11,14H2,1-3H3/t15?,16-,21-,27?/m0/s1. The van der Waals surface area contributed by atoms with Crippen LogP contribution in [0, 0.1) is 29.3 Å². The lowest BCUT2D eigenvalue weighted by Gasteiger charge is -2.33. The first kappa shape index (κ1) is 31.4. The summed E-state index contributed by atoms with van der Waals surface area (Å²) in [6, 6.07) is 4.19. The smallest absolute Gasteiger partial charge is 0.306 e. The zero-order chi connectivity index (χ0) is 31.9. The van der Waals surface area contributed by atoms with Crippen LogP contribution in [0.5, 0.6) is 0 Å². The number of nitrogens with zero attached hydrogens (tertiary/aromatic N) is 5. The van der Waals surface area contributed by atoms with Crippen LogP contribution < -0.4 is 4.90 Å². The Kier molecular flexibility index (Phi) is 8.96. The molecule has 1 aromatic carbocycles. The number of aromatic nitrogens is 3. The molecule has 0 radical (unpaired) electrons. The summed E-state index contributed by atoms with van der Waals surface area (Å²) in [5.74, 6) is -6.99. The fourth-order valence-corrected chi connectivity index (χ4v) is 5.72. The minimum Gasteiger partial charge on any atom is -0.466 e. The van der Waals surface area contributed by atoms with Crippen LogP contribution in [0.1, 0.15) is 37.2 Å². The monoisotopic (exact) mass is 637 g/mol. The van der Waals surface area contributed by atoms with E-state index in [9.17, 15) is 22.8 Å². The van der Waals surface area contributed by atoms with Gasteiger partial charge in [-0.2, -0.15) is 9.61 Å². The number of carbonyl (C=O) groups excluding carboxylic acids is 2. The van der Waals surface area contributed by atoms with Gasteiger partial charge in [0.05, 0.1) is 36.3 Å². The number of rotatable bonds is 7. The summed E-state index contributed by atoms with van der Waals surface area (Å²) in [6.45, 7) is 3.53. The lowest BCUT2D eigenvalue weighted by Crippen LogP contribution is -2.45. The Balaban J connectivity index is 1.54. The highest BCUT2D eigenvalue weighted by Gasteiger charge is 2.35. The summed E-state index contributed by atoms with van der Waals surface area (Å²) in [5, 5.41) is 3.58. The van der Waals surface area contributed by atoms with E-state index < -0.39 is 52.6 Å². The molecule has 0 saturated carbocycles. The molecular formula is C30H29ClF5N5O3. The Labute approximate surface area is 254 Å². The second-order valence-corrected chi connectivity index (χ2v) is 11.3. The molecule has 0 N–H and O–H groups in total. The van der Waals surface area contributed by atoms with E-state index >= 15 is 8.78 Å². The van der Waals surface area contributed by atoms with Gasteiger partial charge in [-0.25, -0.2) is 26.9 Å². The number of halogens is 6. The molecule has 5 rings (SSSR count). The number of alkyl halides is 2. The van der Waals surface area contributed by atoms with Crippen LogP contribution in [-0.4, -0.2) is 69.7 Å². The molecule has 2 aromatic heterocycles. The quantitative estimate of drug-likeness (QED) is 0.137. The van der Waals surface area contributed by atoms with Crippen LogP contribution >= 0.6 is 11.6 Å². The maximum Gasteiger partial charge on any atom is 0.306 e. The largest absolute Gasteiger partial charge is 0.466 e. The first-order chi connectivity index (χ1) is 20.9. The minimum absolute atomic E-state index is 0.0221.